The number of rotatable bonds is 7. The fourth-order valence-corrected chi connectivity index (χ4v) is 2.27. The minimum Gasteiger partial charge on any atom is -0.350 e. The van der Waals surface area contributed by atoms with Gasteiger partial charge in [0.15, 0.2) is 5.79 Å². The fourth-order valence-electron chi connectivity index (χ4n) is 2.27. The molecule has 0 radical (unpaired) electrons. The topological polar surface area (TPSA) is 18.5 Å². The van der Waals surface area contributed by atoms with Crippen molar-refractivity contribution in [1.82, 2.24) is 0 Å². The van der Waals surface area contributed by atoms with Crippen LogP contribution in [0.15, 0.2) is 0 Å². The van der Waals surface area contributed by atoms with E-state index in [0.29, 0.717) is 11.3 Å². The van der Waals surface area contributed by atoms with Gasteiger partial charge < -0.3 is 9.47 Å². The zero-order valence-electron chi connectivity index (χ0n) is 13.1. The van der Waals surface area contributed by atoms with E-state index >= 15 is 0 Å². The maximum Gasteiger partial charge on any atom is 0.168 e. The second-order valence-corrected chi connectivity index (χ2v) is 7.31. The Balaban J connectivity index is 2.33. The van der Waals surface area contributed by atoms with E-state index in [4.69, 9.17) is 9.47 Å². The van der Waals surface area contributed by atoms with Crippen LogP contribution in [0.4, 0.5) is 0 Å². The van der Waals surface area contributed by atoms with E-state index in [1.54, 1.807) is 0 Å². The molecule has 1 saturated carbocycles. The molecule has 0 spiro atoms. The molecule has 0 aliphatic heterocycles. The minimum atomic E-state index is -0.250. The first-order valence-corrected chi connectivity index (χ1v) is 7.61. The van der Waals surface area contributed by atoms with Crippen molar-refractivity contribution in [3.8, 4) is 0 Å². The van der Waals surface area contributed by atoms with E-state index in [0.717, 1.165) is 38.9 Å². The summed E-state index contributed by atoms with van der Waals surface area (Å²) in [5.41, 5.74) is 0.345. The number of hydrogen-bond acceptors (Lipinski definition) is 2. The molecule has 0 bridgehead atoms. The van der Waals surface area contributed by atoms with Crippen molar-refractivity contribution in [2.24, 2.45) is 11.3 Å². The first-order valence-electron chi connectivity index (χ1n) is 7.61. The monoisotopic (exact) mass is 256 g/mol. The van der Waals surface area contributed by atoms with E-state index < -0.39 is 0 Å². The Morgan fingerprint density at radius 2 is 1.56 bits per heavy atom. The van der Waals surface area contributed by atoms with E-state index in [2.05, 4.69) is 34.6 Å². The van der Waals surface area contributed by atoms with Crippen LogP contribution in [-0.2, 0) is 9.47 Å². The zero-order valence-corrected chi connectivity index (χ0v) is 13.1. The normalized spacial score (nSPS) is 19.7. The molecule has 0 saturated heterocycles. The molecule has 0 atom stereocenters. The van der Waals surface area contributed by atoms with E-state index in [1.165, 1.54) is 12.8 Å². The maximum absolute atomic E-state index is 6.13. The van der Waals surface area contributed by atoms with E-state index in [-0.39, 0.29) is 5.79 Å². The minimum absolute atomic E-state index is 0.250. The van der Waals surface area contributed by atoms with Crippen molar-refractivity contribution < 1.29 is 9.47 Å². The molecule has 1 aliphatic carbocycles. The van der Waals surface area contributed by atoms with Crippen LogP contribution in [0.25, 0.3) is 0 Å². The van der Waals surface area contributed by atoms with Crippen molar-refractivity contribution in [2.75, 3.05) is 13.2 Å². The molecule has 2 heteroatoms. The van der Waals surface area contributed by atoms with Crippen LogP contribution in [0.2, 0.25) is 0 Å². The molecule has 1 fully saturated rings. The smallest absolute Gasteiger partial charge is 0.168 e. The average molecular weight is 256 g/mol. The fraction of sp³-hybridized carbons (Fsp3) is 1.00. The van der Waals surface area contributed by atoms with Gasteiger partial charge in [0, 0.05) is 12.8 Å². The second-order valence-electron chi connectivity index (χ2n) is 7.31. The zero-order chi connectivity index (χ0) is 13.6. The summed E-state index contributed by atoms with van der Waals surface area (Å²) in [6.45, 7) is 12.9. The highest BCUT2D eigenvalue weighted by Crippen LogP contribution is 2.35. The van der Waals surface area contributed by atoms with Gasteiger partial charge in [-0.1, -0.05) is 34.6 Å². The van der Waals surface area contributed by atoms with Crippen LogP contribution in [0.3, 0.4) is 0 Å². The first-order chi connectivity index (χ1) is 8.33. The third kappa shape index (κ3) is 6.19. The standard InChI is InChI=1S/C16H32O2/c1-14(2)8-12-17-16(9-6-7-10-16)18-13-11-15(3,4)5/h14H,6-13H2,1-5H3. The van der Waals surface area contributed by atoms with Gasteiger partial charge in [0.05, 0.1) is 13.2 Å². The Hall–Kier alpha value is -0.0800. The Labute approximate surface area is 113 Å². The third-order valence-corrected chi connectivity index (χ3v) is 3.64. The molecule has 0 aromatic rings. The molecule has 2 nitrogen and oxygen atoms in total. The van der Waals surface area contributed by atoms with E-state index in [1.807, 2.05) is 0 Å². The lowest BCUT2D eigenvalue weighted by atomic mass is 9.93. The van der Waals surface area contributed by atoms with Crippen molar-refractivity contribution in [1.29, 1.82) is 0 Å². The van der Waals surface area contributed by atoms with Crippen LogP contribution >= 0.6 is 0 Å². The molecule has 0 heterocycles. The van der Waals surface area contributed by atoms with Gasteiger partial charge in [0.2, 0.25) is 0 Å². The van der Waals surface area contributed by atoms with Crippen molar-refractivity contribution >= 4 is 0 Å². The number of ether oxygens (including phenoxy) is 2. The third-order valence-electron chi connectivity index (χ3n) is 3.64. The SMILES string of the molecule is CC(C)CCOC1(OCCC(C)(C)C)CCCC1. The highest BCUT2D eigenvalue weighted by Gasteiger charge is 2.36. The van der Waals surface area contributed by atoms with Gasteiger partial charge in [-0.25, -0.2) is 0 Å². The highest BCUT2D eigenvalue weighted by atomic mass is 16.7. The van der Waals surface area contributed by atoms with Gasteiger partial charge >= 0.3 is 0 Å². The second kappa shape index (κ2) is 6.91. The summed E-state index contributed by atoms with van der Waals surface area (Å²) in [5, 5.41) is 0. The van der Waals surface area contributed by atoms with E-state index in [9.17, 15) is 0 Å². The van der Waals surface area contributed by atoms with Crippen LogP contribution in [0, 0.1) is 11.3 Å². The predicted molar refractivity (Wildman–Crippen MR) is 76.6 cm³/mol. The highest BCUT2D eigenvalue weighted by molar-refractivity contribution is 4.78. The molecule has 0 unspecified atom stereocenters. The molecule has 0 N–H and O–H groups in total. The van der Waals surface area contributed by atoms with Gasteiger partial charge in [-0.2, -0.15) is 0 Å². The lowest BCUT2D eigenvalue weighted by molar-refractivity contribution is -0.236. The molecule has 0 aromatic heterocycles. The molecule has 108 valence electrons. The molecular formula is C16H32O2. The molecule has 0 aromatic carbocycles. The van der Waals surface area contributed by atoms with Gasteiger partial charge in [-0.05, 0) is 37.0 Å². The molecule has 0 amide bonds. The van der Waals surface area contributed by atoms with Crippen LogP contribution in [0.5, 0.6) is 0 Å². The lowest BCUT2D eigenvalue weighted by Gasteiger charge is -2.31. The molecular weight excluding hydrogens is 224 g/mol. The van der Waals surface area contributed by atoms with Crippen molar-refractivity contribution in [3.05, 3.63) is 0 Å². The summed E-state index contributed by atoms with van der Waals surface area (Å²) in [4.78, 5) is 0. The van der Waals surface area contributed by atoms with Crippen LogP contribution in [0.1, 0.15) is 73.1 Å². The predicted octanol–water partition coefficient (Wildman–Crippen LogP) is 4.77. The largest absolute Gasteiger partial charge is 0.350 e. The maximum atomic E-state index is 6.13. The Morgan fingerprint density at radius 1 is 1.00 bits per heavy atom. The van der Waals surface area contributed by atoms with Crippen molar-refractivity contribution in [2.45, 2.75) is 78.9 Å². The summed E-state index contributed by atoms with van der Waals surface area (Å²) >= 11 is 0. The van der Waals surface area contributed by atoms with Crippen LogP contribution in [-0.4, -0.2) is 19.0 Å². The Kier molecular flexibility index (Phi) is 6.13. The first kappa shape index (κ1) is 16.0. The van der Waals surface area contributed by atoms with Gasteiger partial charge in [-0.3, -0.25) is 0 Å². The summed E-state index contributed by atoms with van der Waals surface area (Å²) < 4.78 is 12.2. The Morgan fingerprint density at radius 3 is 2.06 bits per heavy atom. The molecule has 1 aliphatic rings. The van der Waals surface area contributed by atoms with Gasteiger partial charge in [-0.15, -0.1) is 0 Å². The number of hydrogen-bond donors (Lipinski definition) is 0. The average Bonchev–Trinajstić information content (AvgIpc) is 2.64. The summed E-state index contributed by atoms with van der Waals surface area (Å²) in [6.07, 6.45) is 6.88. The molecule has 1 rings (SSSR count). The summed E-state index contributed by atoms with van der Waals surface area (Å²) in [7, 11) is 0. The van der Waals surface area contributed by atoms with Gasteiger partial charge in [0.1, 0.15) is 0 Å². The summed E-state index contributed by atoms with van der Waals surface area (Å²) in [5.74, 6) is 0.457. The molecule has 18 heavy (non-hydrogen) atoms. The quantitative estimate of drug-likeness (QED) is 0.611. The Bertz CT molecular complexity index is 222. The van der Waals surface area contributed by atoms with Gasteiger partial charge in [0.25, 0.3) is 0 Å². The van der Waals surface area contributed by atoms with Crippen molar-refractivity contribution in [3.63, 3.8) is 0 Å². The summed E-state index contributed by atoms with van der Waals surface area (Å²) in [6, 6.07) is 0. The van der Waals surface area contributed by atoms with Crippen LogP contribution < -0.4 is 0 Å². The lowest BCUT2D eigenvalue weighted by Crippen LogP contribution is -2.34.